The summed E-state index contributed by atoms with van der Waals surface area (Å²) in [6, 6.07) is 6.89. The molecule has 2 rings (SSSR count). The van der Waals surface area contributed by atoms with Gasteiger partial charge in [0.15, 0.2) is 0 Å². The first-order valence-electron chi connectivity index (χ1n) is 6.67. The van der Waals surface area contributed by atoms with Crippen LogP contribution in [0.25, 0.3) is 0 Å². The summed E-state index contributed by atoms with van der Waals surface area (Å²) < 4.78 is 5.01. The highest BCUT2D eigenvalue weighted by Gasteiger charge is 2.41. The zero-order chi connectivity index (χ0) is 14.9. The summed E-state index contributed by atoms with van der Waals surface area (Å²) in [4.78, 5) is 25.6. The number of carbonyl (C=O) groups excluding carboxylic acids is 2. The number of nitrogens with zero attached hydrogens (tertiary/aromatic N) is 1. The van der Waals surface area contributed by atoms with Crippen molar-refractivity contribution in [3.63, 3.8) is 0 Å². The molecule has 5 heteroatoms. The second-order valence-corrected chi connectivity index (χ2v) is 5.81. The largest absolute Gasteiger partial charge is 0.447 e. The third kappa shape index (κ3) is 2.80. The van der Waals surface area contributed by atoms with E-state index >= 15 is 0 Å². The average Bonchev–Trinajstić information content (AvgIpc) is 2.80. The molecule has 1 fully saturated rings. The van der Waals surface area contributed by atoms with E-state index in [1.54, 1.807) is 31.2 Å². The molecule has 108 valence electrons. The lowest BCUT2D eigenvalue weighted by Crippen LogP contribution is -2.43. The normalized spacial score (nSPS) is 20.1. The Morgan fingerprint density at radius 1 is 1.30 bits per heavy atom. The molecule has 1 heterocycles. The Morgan fingerprint density at radius 2 is 1.90 bits per heavy atom. The van der Waals surface area contributed by atoms with Crippen LogP contribution in [0, 0.1) is 5.92 Å². The molecule has 0 saturated carbocycles. The SMILES string of the molecule is CC(C)[C@H]1COC(=O)N1C(=O)[C@@H](C)c1ccc(Cl)cc1. The van der Waals surface area contributed by atoms with Crippen LogP contribution in [0.15, 0.2) is 24.3 Å². The average molecular weight is 296 g/mol. The molecule has 0 bridgehead atoms. The highest BCUT2D eigenvalue weighted by atomic mass is 35.5. The van der Waals surface area contributed by atoms with Gasteiger partial charge in [0.05, 0.1) is 12.0 Å². The van der Waals surface area contributed by atoms with Gasteiger partial charge >= 0.3 is 6.09 Å². The number of benzene rings is 1. The fourth-order valence-corrected chi connectivity index (χ4v) is 2.41. The van der Waals surface area contributed by atoms with Crippen LogP contribution in [0.3, 0.4) is 0 Å². The van der Waals surface area contributed by atoms with Crippen molar-refractivity contribution in [2.24, 2.45) is 5.92 Å². The van der Waals surface area contributed by atoms with Crippen LogP contribution in [0.1, 0.15) is 32.3 Å². The molecule has 2 amide bonds. The molecule has 0 spiro atoms. The lowest BCUT2D eigenvalue weighted by Gasteiger charge is -2.25. The minimum atomic E-state index is -0.547. The maximum absolute atomic E-state index is 12.5. The van der Waals surface area contributed by atoms with Crippen molar-refractivity contribution < 1.29 is 14.3 Å². The van der Waals surface area contributed by atoms with Crippen molar-refractivity contribution in [2.45, 2.75) is 32.7 Å². The molecule has 0 aliphatic carbocycles. The second-order valence-electron chi connectivity index (χ2n) is 5.37. The molecule has 0 unspecified atom stereocenters. The molecule has 0 N–H and O–H groups in total. The van der Waals surface area contributed by atoms with Crippen molar-refractivity contribution in [3.8, 4) is 0 Å². The van der Waals surface area contributed by atoms with Gasteiger partial charge in [-0.1, -0.05) is 37.6 Å². The molecule has 2 atom stereocenters. The molecular weight excluding hydrogens is 278 g/mol. The third-order valence-electron chi connectivity index (χ3n) is 3.65. The summed E-state index contributed by atoms with van der Waals surface area (Å²) in [7, 11) is 0. The zero-order valence-corrected chi connectivity index (χ0v) is 12.6. The van der Waals surface area contributed by atoms with Gasteiger partial charge in [-0.2, -0.15) is 0 Å². The Bertz CT molecular complexity index is 512. The van der Waals surface area contributed by atoms with Crippen LogP contribution in [0.4, 0.5) is 4.79 Å². The van der Waals surface area contributed by atoms with Crippen LogP contribution < -0.4 is 0 Å². The van der Waals surface area contributed by atoms with E-state index in [1.165, 1.54) is 4.90 Å². The fourth-order valence-electron chi connectivity index (χ4n) is 2.28. The maximum Gasteiger partial charge on any atom is 0.417 e. The minimum Gasteiger partial charge on any atom is -0.447 e. The molecule has 0 radical (unpaired) electrons. The second kappa shape index (κ2) is 5.83. The number of rotatable bonds is 3. The van der Waals surface area contributed by atoms with Crippen LogP contribution in [-0.2, 0) is 9.53 Å². The van der Waals surface area contributed by atoms with Gasteiger partial charge in [0, 0.05) is 5.02 Å². The van der Waals surface area contributed by atoms with Gasteiger partial charge in [0.2, 0.25) is 5.91 Å². The molecule has 1 aromatic carbocycles. The van der Waals surface area contributed by atoms with E-state index in [-0.39, 0.29) is 24.5 Å². The molecule has 20 heavy (non-hydrogen) atoms. The number of amides is 2. The van der Waals surface area contributed by atoms with Crippen LogP contribution in [0.5, 0.6) is 0 Å². The first-order valence-corrected chi connectivity index (χ1v) is 7.05. The van der Waals surface area contributed by atoms with Gasteiger partial charge in [-0.25, -0.2) is 9.69 Å². The van der Waals surface area contributed by atoms with E-state index in [4.69, 9.17) is 16.3 Å². The number of hydrogen-bond donors (Lipinski definition) is 0. The van der Waals surface area contributed by atoms with E-state index in [0.29, 0.717) is 5.02 Å². The predicted molar refractivity (Wildman–Crippen MR) is 76.7 cm³/mol. The molecule has 1 aromatic rings. The monoisotopic (exact) mass is 295 g/mol. The van der Waals surface area contributed by atoms with E-state index in [2.05, 4.69) is 0 Å². The number of ether oxygens (including phenoxy) is 1. The number of hydrogen-bond acceptors (Lipinski definition) is 3. The standard InChI is InChI=1S/C15H18ClNO3/c1-9(2)13-8-20-15(19)17(13)14(18)10(3)11-4-6-12(16)7-5-11/h4-7,9-10,13H,8H2,1-3H3/t10-,13+/m0/s1. The quantitative estimate of drug-likeness (QED) is 0.858. The molecule has 1 aliphatic heterocycles. The van der Waals surface area contributed by atoms with Gasteiger partial charge < -0.3 is 4.74 Å². The van der Waals surface area contributed by atoms with Gasteiger partial charge in [-0.15, -0.1) is 0 Å². The Kier molecular flexibility index (Phi) is 4.33. The molecule has 4 nitrogen and oxygen atoms in total. The van der Waals surface area contributed by atoms with Crippen molar-refractivity contribution in [2.75, 3.05) is 6.61 Å². The van der Waals surface area contributed by atoms with E-state index in [9.17, 15) is 9.59 Å². The van der Waals surface area contributed by atoms with Crippen molar-refractivity contribution in [1.29, 1.82) is 0 Å². The number of halogens is 1. The fraction of sp³-hybridized carbons (Fsp3) is 0.467. The van der Waals surface area contributed by atoms with E-state index in [0.717, 1.165) is 5.56 Å². The number of carbonyl (C=O) groups is 2. The maximum atomic E-state index is 12.5. The van der Waals surface area contributed by atoms with E-state index < -0.39 is 12.0 Å². The topological polar surface area (TPSA) is 46.6 Å². The molecule has 0 aromatic heterocycles. The molecule has 1 saturated heterocycles. The number of imide groups is 1. The molecule has 1 aliphatic rings. The third-order valence-corrected chi connectivity index (χ3v) is 3.91. The summed E-state index contributed by atoms with van der Waals surface area (Å²) >= 11 is 5.84. The predicted octanol–water partition coefficient (Wildman–Crippen LogP) is 3.45. The van der Waals surface area contributed by atoms with Crippen LogP contribution >= 0.6 is 11.6 Å². The Balaban J connectivity index is 2.21. The van der Waals surface area contributed by atoms with Gasteiger partial charge in [0.25, 0.3) is 0 Å². The lowest BCUT2D eigenvalue weighted by molar-refractivity contribution is -0.131. The summed E-state index contributed by atoms with van der Waals surface area (Å²) in [6.45, 7) is 6.00. The van der Waals surface area contributed by atoms with Crippen LogP contribution in [0.2, 0.25) is 5.02 Å². The summed E-state index contributed by atoms with van der Waals surface area (Å²) in [5.74, 6) is -0.462. The minimum absolute atomic E-state index is 0.169. The Labute approximate surface area is 123 Å². The van der Waals surface area contributed by atoms with Gasteiger partial charge in [0.1, 0.15) is 6.61 Å². The van der Waals surface area contributed by atoms with E-state index in [1.807, 2.05) is 13.8 Å². The summed E-state index contributed by atoms with van der Waals surface area (Å²) in [5, 5.41) is 0.619. The Morgan fingerprint density at radius 3 is 2.45 bits per heavy atom. The summed E-state index contributed by atoms with van der Waals surface area (Å²) in [6.07, 6.45) is -0.547. The smallest absolute Gasteiger partial charge is 0.417 e. The van der Waals surface area contributed by atoms with Gasteiger partial charge in [-0.05, 0) is 30.5 Å². The van der Waals surface area contributed by atoms with Crippen LogP contribution in [-0.4, -0.2) is 29.5 Å². The van der Waals surface area contributed by atoms with Crippen molar-refractivity contribution in [1.82, 2.24) is 4.90 Å². The van der Waals surface area contributed by atoms with Crippen molar-refractivity contribution >= 4 is 23.6 Å². The first kappa shape index (κ1) is 14.9. The lowest BCUT2D eigenvalue weighted by atomic mass is 9.97. The zero-order valence-electron chi connectivity index (χ0n) is 11.8. The van der Waals surface area contributed by atoms with Crippen molar-refractivity contribution in [3.05, 3.63) is 34.9 Å². The highest BCUT2D eigenvalue weighted by molar-refractivity contribution is 6.30. The first-order chi connectivity index (χ1) is 9.41. The number of cyclic esters (lactones) is 1. The highest BCUT2D eigenvalue weighted by Crippen LogP contribution is 2.26. The molecular formula is C15H18ClNO3. The summed E-state index contributed by atoms with van der Waals surface area (Å²) in [5.41, 5.74) is 0.835. The van der Waals surface area contributed by atoms with Gasteiger partial charge in [-0.3, -0.25) is 4.79 Å². The Hall–Kier alpha value is -1.55.